The molecule has 0 amide bonds. The van der Waals surface area contributed by atoms with Crippen molar-refractivity contribution in [3.05, 3.63) is 41.2 Å². The maximum Gasteiger partial charge on any atom is 0.140 e. The molecule has 2 heterocycles. The highest BCUT2D eigenvalue weighted by atomic mass is 35.5. The third-order valence-corrected chi connectivity index (χ3v) is 3.38. The van der Waals surface area contributed by atoms with E-state index in [1.165, 1.54) is 5.69 Å². The van der Waals surface area contributed by atoms with Gasteiger partial charge in [0.25, 0.3) is 0 Å². The van der Waals surface area contributed by atoms with Gasteiger partial charge in [0.2, 0.25) is 0 Å². The SMILES string of the molecule is OC1CCc2cnc(-c3cccc(Cl)c3)n2C1. The number of nitrogens with zero attached hydrogens (tertiary/aromatic N) is 2. The normalized spacial score (nSPS) is 19.1. The van der Waals surface area contributed by atoms with Gasteiger partial charge in [0, 0.05) is 22.5 Å². The Bertz CT molecular complexity index is 550. The van der Waals surface area contributed by atoms with Crippen molar-refractivity contribution in [2.24, 2.45) is 0 Å². The van der Waals surface area contributed by atoms with Gasteiger partial charge in [-0.2, -0.15) is 0 Å². The first-order valence-electron chi connectivity index (χ1n) is 5.72. The first-order chi connectivity index (χ1) is 8.24. The molecule has 1 aliphatic heterocycles. The summed E-state index contributed by atoms with van der Waals surface area (Å²) in [6.45, 7) is 0.622. The Morgan fingerprint density at radius 1 is 1.41 bits per heavy atom. The molecule has 0 aliphatic carbocycles. The van der Waals surface area contributed by atoms with E-state index in [1.807, 2.05) is 30.5 Å². The van der Waals surface area contributed by atoms with Crippen molar-refractivity contribution in [2.75, 3.05) is 0 Å². The molecule has 4 heteroatoms. The second-order valence-electron chi connectivity index (χ2n) is 4.39. The number of aliphatic hydroxyl groups excluding tert-OH is 1. The summed E-state index contributed by atoms with van der Waals surface area (Å²) in [5.41, 5.74) is 2.18. The highest BCUT2D eigenvalue weighted by molar-refractivity contribution is 6.30. The summed E-state index contributed by atoms with van der Waals surface area (Å²) in [4.78, 5) is 4.44. The van der Waals surface area contributed by atoms with Gasteiger partial charge in [0.1, 0.15) is 5.82 Å². The summed E-state index contributed by atoms with van der Waals surface area (Å²) < 4.78 is 2.08. The number of aliphatic hydroxyl groups is 1. The quantitative estimate of drug-likeness (QED) is 0.842. The lowest BCUT2D eigenvalue weighted by atomic mass is 10.1. The Morgan fingerprint density at radius 2 is 2.29 bits per heavy atom. The van der Waals surface area contributed by atoms with Gasteiger partial charge < -0.3 is 9.67 Å². The lowest BCUT2D eigenvalue weighted by Gasteiger charge is -2.21. The predicted octanol–water partition coefficient (Wildman–Crippen LogP) is 2.51. The van der Waals surface area contributed by atoms with Crippen molar-refractivity contribution < 1.29 is 5.11 Å². The third kappa shape index (κ3) is 1.96. The fraction of sp³-hybridized carbons (Fsp3) is 0.308. The molecule has 0 saturated heterocycles. The number of benzene rings is 1. The van der Waals surface area contributed by atoms with Gasteiger partial charge in [-0.15, -0.1) is 0 Å². The molecule has 0 bridgehead atoms. The molecule has 3 nitrogen and oxygen atoms in total. The van der Waals surface area contributed by atoms with Crippen LogP contribution in [0.3, 0.4) is 0 Å². The highest BCUT2D eigenvalue weighted by Gasteiger charge is 2.20. The van der Waals surface area contributed by atoms with Crippen molar-refractivity contribution in [2.45, 2.75) is 25.5 Å². The molecule has 1 aromatic heterocycles. The summed E-state index contributed by atoms with van der Waals surface area (Å²) in [6, 6.07) is 7.65. The van der Waals surface area contributed by atoms with Crippen LogP contribution in [0, 0.1) is 0 Å². The van der Waals surface area contributed by atoms with Crippen LogP contribution >= 0.6 is 11.6 Å². The molecule has 0 radical (unpaired) electrons. The monoisotopic (exact) mass is 248 g/mol. The van der Waals surface area contributed by atoms with Crippen LogP contribution in [0.5, 0.6) is 0 Å². The molecule has 1 N–H and O–H groups in total. The van der Waals surface area contributed by atoms with E-state index >= 15 is 0 Å². The Labute approximate surface area is 105 Å². The van der Waals surface area contributed by atoms with Crippen molar-refractivity contribution >= 4 is 11.6 Å². The van der Waals surface area contributed by atoms with Crippen LogP contribution in [0.4, 0.5) is 0 Å². The van der Waals surface area contributed by atoms with Crippen LogP contribution in [0.2, 0.25) is 5.02 Å². The fourth-order valence-corrected chi connectivity index (χ4v) is 2.48. The first kappa shape index (κ1) is 10.8. The van der Waals surface area contributed by atoms with E-state index in [-0.39, 0.29) is 6.10 Å². The molecule has 1 unspecified atom stereocenters. The van der Waals surface area contributed by atoms with E-state index in [0.717, 1.165) is 24.2 Å². The van der Waals surface area contributed by atoms with Gasteiger partial charge in [-0.3, -0.25) is 0 Å². The van der Waals surface area contributed by atoms with Gasteiger partial charge in [-0.05, 0) is 25.0 Å². The molecule has 1 aliphatic rings. The van der Waals surface area contributed by atoms with E-state index in [2.05, 4.69) is 9.55 Å². The Kier molecular flexibility index (Phi) is 2.65. The minimum absolute atomic E-state index is 0.269. The van der Waals surface area contributed by atoms with Crippen LogP contribution in [0.15, 0.2) is 30.5 Å². The van der Waals surface area contributed by atoms with E-state index in [9.17, 15) is 5.11 Å². The smallest absolute Gasteiger partial charge is 0.140 e. The second kappa shape index (κ2) is 4.17. The summed E-state index contributed by atoms with van der Waals surface area (Å²) in [6.07, 6.45) is 3.33. The van der Waals surface area contributed by atoms with E-state index < -0.39 is 0 Å². The Balaban J connectivity index is 2.07. The van der Waals surface area contributed by atoms with Crippen LogP contribution in [-0.4, -0.2) is 20.8 Å². The number of hydrogen-bond acceptors (Lipinski definition) is 2. The van der Waals surface area contributed by atoms with Crippen LogP contribution < -0.4 is 0 Å². The Hall–Kier alpha value is -1.32. The van der Waals surface area contributed by atoms with E-state index in [0.29, 0.717) is 11.6 Å². The molecule has 1 aromatic carbocycles. The van der Waals surface area contributed by atoms with Crippen molar-refractivity contribution in [3.63, 3.8) is 0 Å². The number of halogens is 1. The van der Waals surface area contributed by atoms with Crippen LogP contribution in [0.1, 0.15) is 12.1 Å². The van der Waals surface area contributed by atoms with Crippen LogP contribution in [-0.2, 0) is 13.0 Å². The predicted molar refractivity (Wildman–Crippen MR) is 67.0 cm³/mol. The largest absolute Gasteiger partial charge is 0.391 e. The maximum absolute atomic E-state index is 9.73. The topological polar surface area (TPSA) is 38.1 Å². The zero-order chi connectivity index (χ0) is 11.8. The molecular weight excluding hydrogens is 236 g/mol. The summed E-state index contributed by atoms with van der Waals surface area (Å²) in [5, 5.41) is 10.4. The molecule has 0 saturated carbocycles. The average molecular weight is 249 g/mol. The van der Waals surface area contributed by atoms with Gasteiger partial charge >= 0.3 is 0 Å². The zero-order valence-electron chi connectivity index (χ0n) is 9.31. The fourth-order valence-electron chi connectivity index (χ4n) is 2.29. The van der Waals surface area contributed by atoms with Gasteiger partial charge in [0.05, 0.1) is 12.6 Å². The molecular formula is C13H13ClN2O. The lowest BCUT2D eigenvalue weighted by molar-refractivity contribution is 0.132. The standard InChI is InChI=1S/C13H13ClN2O/c14-10-3-1-2-9(6-10)13-15-7-11-4-5-12(17)8-16(11)13/h1-3,6-7,12,17H,4-5,8H2. The minimum atomic E-state index is -0.269. The first-order valence-corrected chi connectivity index (χ1v) is 6.10. The second-order valence-corrected chi connectivity index (χ2v) is 4.82. The molecule has 0 spiro atoms. The molecule has 3 rings (SSSR count). The number of hydrogen-bond donors (Lipinski definition) is 1. The van der Waals surface area contributed by atoms with Crippen molar-refractivity contribution in [1.82, 2.24) is 9.55 Å². The number of aromatic nitrogens is 2. The minimum Gasteiger partial charge on any atom is -0.391 e. The number of aryl methyl sites for hydroxylation is 1. The third-order valence-electron chi connectivity index (χ3n) is 3.15. The summed E-state index contributed by atoms with van der Waals surface area (Å²) in [7, 11) is 0. The molecule has 1 atom stereocenters. The number of fused-ring (bicyclic) bond motifs is 1. The summed E-state index contributed by atoms with van der Waals surface area (Å²) in [5.74, 6) is 0.890. The van der Waals surface area contributed by atoms with Gasteiger partial charge in [0.15, 0.2) is 0 Å². The molecule has 17 heavy (non-hydrogen) atoms. The van der Waals surface area contributed by atoms with Gasteiger partial charge in [-0.1, -0.05) is 23.7 Å². The average Bonchev–Trinajstić information content (AvgIpc) is 2.71. The Morgan fingerprint density at radius 3 is 3.12 bits per heavy atom. The number of imidazole rings is 1. The maximum atomic E-state index is 9.73. The van der Waals surface area contributed by atoms with Crippen molar-refractivity contribution in [3.8, 4) is 11.4 Å². The van der Waals surface area contributed by atoms with E-state index in [4.69, 9.17) is 11.6 Å². The summed E-state index contributed by atoms with van der Waals surface area (Å²) >= 11 is 5.99. The molecule has 0 fully saturated rings. The lowest BCUT2D eigenvalue weighted by Crippen LogP contribution is -2.24. The van der Waals surface area contributed by atoms with Gasteiger partial charge in [-0.25, -0.2) is 4.98 Å². The number of rotatable bonds is 1. The molecule has 88 valence electrons. The van der Waals surface area contributed by atoms with E-state index in [1.54, 1.807) is 0 Å². The zero-order valence-corrected chi connectivity index (χ0v) is 10.1. The van der Waals surface area contributed by atoms with Crippen LogP contribution in [0.25, 0.3) is 11.4 Å². The van der Waals surface area contributed by atoms with Crippen molar-refractivity contribution in [1.29, 1.82) is 0 Å². The highest BCUT2D eigenvalue weighted by Crippen LogP contribution is 2.26. The molecule has 2 aromatic rings.